The number of thioether (sulfide) groups is 1. The van der Waals surface area contributed by atoms with Gasteiger partial charge in [-0.25, -0.2) is 0 Å². The second-order valence-electron chi connectivity index (χ2n) is 7.63. The molecule has 144 valence electrons. The summed E-state index contributed by atoms with van der Waals surface area (Å²) in [6.07, 6.45) is 0. The third kappa shape index (κ3) is 3.93. The number of ether oxygens (including phenoxy) is 2. The molecule has 0 unspecified atom stereocenters. The van der Waals surface area contributed by atoms with Gasteiger partial charge in [-0.1, -0.05) is 45.0 Å². The maximum Gasteiger partial charge on any atom is 0.255 e. The van der Waals surface area contributed by atoms with Crippen LogP contribution in [-0.2, 0) is 5.41 Å². The van der Waals surface area contributed by atoms with Crippen LogP contribution in [0.3, 0.4) is 0 Å². The summed E-state index contributed by atoms with van der Waals surface area (Å²) in [5, 5.41) is -0.0788. The van der Waals surface area contributed by atoms with Gasteiger partial charge in [0, 0.05) is 23.4 Å². The monoisotopic (exact) mass is 385 g/mol. The minimum atomic E-state index is -0.0788. The number of hydrogen-bond acceptors (Lipinski definition) is 4. The fourth-order valence-electron chi connectivity index (χ4n) is 3.32. The van der Waals surface area contributed by atoms with Gasteiger partial charge in [0.25, 0.3) is 5.91 Å². The van der Waals surface area contributed by atoms with Crippen LogP contribution in [0.15, 0.2) is 42.5 Å². The second kappa shape index (κ2) is 7.85. The Morgan fingerprint density at radius 1 is 1.07 bits per heavy atom. The number of hydrogen-bond donors (Lipinski definition) is 0. The van der Waals surface area contributed by atoms with Crippen LogP contribution in [-0.4, -0.2) is 37.3 Å². The SMILES string of the molecule is COc1cccc([C@H]2SCCN2C(=O)c2ccc(C(C)(C)C)cc2)c1OC. The van der Waals surface area contributed by atoms with Crippen molar-refractivity contribution in [1.82, 2.24) is 4.90 Å². The van der Waals surface area contributed by atoms with Crippen molar-refractivity contribution in [3.8, 4) is 11.5 Å². The highest BCUT2D eigenvalue weighted by Gasteiger charge is 2.34. The minimum absolute atomic E-state index is 0.0512. The van der Waals surface area contributed by atoms with Crippen molar-refractivity contribution in [2.45, 2.75) is 31.6 Å². The number of rotatable bonds is 4. The molecule has 1 saturated heterocycles. The highest BCUT2D eigenvalue weighted by Crippen LogP contribution is 2.45. The predicted molar refractivity (Wildman–Crippen MR) is 111 cm³/mol. The van der Waals surface area contributed by atoms with Gasteiger partial charge in [-0.15, -0.1) is 11.8 Å². The fourth-order valence-corrected chi connectivity index (χ4v) is 4.59. The van der Waals surface area contributed by atoms with E-state index in [1.54, 1.807) is 26.0 Å². The van der Waals surface area contributed by atoms with Gasteiger partial charge in [0.05, 0.1) is 14.2 Å². The van der Waals surface area contributed by atoms with Crippen molar-refractivity contribution in [3.63, 3.8) is 0 Å². The maximum absolute atomic E-state index is 13.2. The lowest BCUT2D eigenvalue weighted by Crippen LogP contribution is -2.30. The van der Waals surface area contributed by atoms with E-state index in [9.17, 15) is 4.79 Å². The number of carbonyl (C=O) groups excluding carboxylic acids is 1. The first-order valence-electron chi connectivity index (χ1n) is 9.11. The Kier molecular flexibility index (Phi) is 5.70. The molecule has 1 aliphatic rings. The summed E-state index contributed by atoms with van der Waals surface area (Å²) in [5.41, 5.74) is 2.99. The molecule has 27 heavy (non-hydrogen) atoms. The molecule has 1 amide bonds. The Bertz CT molecular complexity index is 811. The number of benzene rings is 2. The van der Waals surface area contributed by atoms with Crippen molar-refractivity contribution >= 4 is 17.7 Å². The Morgan fingerprint density at radius 2 is 1.78 bits per heavy atom. The lowest BCUT2D eigenvalue weighted by Gasteiger charge is -2.26. The van der Waals surface area contributed by atoms with Crippen LogP contribution < -0.4 is 9.47 Å². The van der Waals surface area contributed by atoms with Crippen molar-refractivity contribution in [2.24, 2.45) is 0 Å². The molecule has 1 fully saturated rings. The smallest absolute Gasteiger partial charge is 0.255 e. The quantitative estimate of drug-likeness (QED) is 0.751. The molecule has 2 aromatic carbocycles. The van der Waals surface area contributed by atoms with Crippen LogP contribution in [0.25, 0.3) is 0 Å². The minimum Gasteiger partial charge on any atom is -0.493 e. The number of para-hydroxylation sites is 1. The average molecular weight is 386 g/mol. The first kappa shape index (κ1) is 19.6. The van der Waals surface area contributed by atoms with Gasteiger partial charge in [-0.3, -0.25) is 4.79 Å². The Balaban J connectivity index is 1.90. The van der Waals surface area contributed by atoms with Crippen molar-refractivity contribution in [2.75, 3.05) is 26.5 Å². The summed E-state index contributed by atoms with van der Waals surface area (Å²) in [7, 11) is 3.27. The molecule has 0 saturated carbocycles. The number of amides is 1. The first-order valence-corrected chi connectivity index (χ1v) is 10.2. The summed E-state index contributed by atoms with van der Waals surface area (Å²) in [6, 6.07) is 13.8. The molecule has 0 radical (unpaired) electrons. The maximum atomic E-state index is 13.2. The molecule has 0 N–H and O–H groups in total. The van der Waals surface area contributed by atoms with E-state index in [1.807, 2.05) is 35.2 Å². The molecule has 5 heteroatoms. The second-order valence-corrected chi connectivity index (χ2v) is 8.82. The zero-order chi connectivity index (χ0) is 19.6. The molecule has 0 aromatic heterocycles. The molecule has 0 aliphatic carbocycles. The Labute approximate surface area is 165 Å². The van der Waals surface area contributed by atoms with Gasteiger partial charge >= 0.3 is 0 Å². The van der Waals surface area contributed by atoms with E-state index in [0.717, 1.165) is 23.4 Å². The van der Waals surface area contributed by atoms with Crippen molar-refractivity contribution < 1.29 is 14.3 Å². The van der Waals surface area contributed by atoms with Gasteiger partial charge in [-0.2, -0.15) is 0 Å². The molecule has 0 spiro atoms. The molecule has 1 atom stereocenters. The largest absolute Gasteiger partial charge is 0.493 e. The molecule has 3 rings (SSSR count). The highest BCUT2D eigenvalue weighted by molar-refractivity contribution is 7.99. The van der Waals surface area contributed by atoms with Gasteiger partial charge < -0.3 is 14.4 Å². The summed E-state index contributed by atoms with van der Waals surface area (Å²) in [5.74, 6) is 2.33. The lowest BCUT2D eigenvalue weighted by atomic mass is 9.86. The first-order chi connectivity index (χ1) is 12.9. The molecule has 1 aliphatic heterocycles. The average Bonchev–Trinajstić information content (AvgIpc) is 3.15. The van der Waals surface area contributed by atoms with E-state index in [0.29, 0.717) is 11.5 Å². The molecule has 4 nitrogen and oxygen atoms in total. The van der Waals surface area contributed by atoms with Gasteiger partial charge in [0.15, 0.2) is 11.5 Å². The van der Waals surface area contributed by atoms with Crippen molar-refractivity contribution in [1.29, 1.82) is 0 Å². The van der Waals surface area contributed by atoms with Crippen LogP contribution >= 0.6 is 11.8 Å². The summed E-state index contributed by atoms with van der Waals surface area (Å²) >= 11 is 1.75. The third-order valence-electron chi connectivity index (χ3n) is 4.85. The number of carbonyl (C=O) groups is 1. The van der Waals surface area contributed by atoms with E-state index in [-0.39, 0.29) is 16.7 Å². The van der Waals surface area contributed by atoms with Crippen LogP contribution in [0.2, 0.25) is 0 Å². The standard InChI is InChI=1S/C22H27NO3S/c1-22(2,3)16-11-9-15(10-12-16)20(24)23-13-14-27-21(23)17-7-6-8-18(25-4)19(17)26-5/h6-12,21H,13-14H2,1-5H3/t21-/m1/s1. The zero-order valence-electron chi connectivity index (χ0n) is 16.6. The number of methoxy groups -OCH3 is 2. The fraction of sp³-hybridized carbons (Fsp3) is 0.409. The summed E-state index contributed by atoms with van der Waals surface area (Å²) in [6.45, 7) is 7.24. The Morgan fingerprint density at radius 3 is 2.37 bits per heavy atom. The number of nitrogens with zero attached hydrogens (tertiary/aromatic N) is 1. The zero-order valence-corrected chi connectivity index (χ0v) is 17.4. The highest BCUT2D eigenvalue weighted by atomic mass is 32.2. The third-order valence-corrected chi connectivity index (χ3v) is 6.09. The van der Waals surface area contributed by atoms with E-state index < -0.39 is 0 Å². The molecule has 1 heterocycles. The van der Waals surface area contributed by atoms with E-state index >= 15 is 0 Å². The van der Waals surface area contributed by atoms with Crippen LogP contribution in [0.5, 0.6) is 11.5 Å². The van der Waals surface area contributed by atoms with Crippen molar-refractivity contribution in [3.05, 3.63) is 59.2 Å². The lowest BCUT2D eigenvalue weighted by molar-refractivity contribution is 0.0759. The normalized spacial score (nSPS) is 17.1. The van der Waals surface area contributed by atoms with Gasteiger partial charge in [-0.05, 0) is 29.2 Å². The molecule has 0 bridgehead atoms. The van der Waals surface area contributed by atoms with E-state index in [4.69, 9.17) is 9.47 Å². The molecular formula is C22H27NO3S. The van der Waals surface area contributed by atoms with Gasteiger partial charge in [0.1, 0.15) is 5.37 Å². The molecular weight excluding hydrogens is 358 g/mol. The molecule has 2 aromatic rings. The van der Waals surface area contributed by atoms with E-state index in [1.165, 1.54) is 5.56 Å². The van der Waals surface area contributed by atoms with E-state index in [2.05, 4.69) is 32.9 Å². The Hall–Kier alpha value is -2.14. The topological polar surface area (TPSA) is 38.8 Å². The van der Waals surface area contributed by atoms with Gasteiger partial charge in [0.2, 0.25) is 0 Å². The summed E-state index contributed by atoms with van der Waals surface area (Å²) < 4.78 is 11.0. The van der Waals surface area contributed by atoms with Crippen LogP contribution in [0.4, 0.5) is 0 Å². The summed E-state index contributed by atoms with van der Waals surface area (Å²) in [4.78, 5) is 15.1. The van der Waals surface area contributed by atoms with Crippen LogP contribution in [0.1, 0.15) is 47.6 Å². The van der Waals surface area contributed by atoms with Crippen LogP contribution in [0, 0.1) is 0 Å². The predicted octanol–water partition coefficient (Wildman–Crippen LogP) is 4.89.